The summed E-state index contributed by atoms with van der Waals surface area (Å²) in [6.45, 7) is 2.66. The van der Waals surface area contributed by atoms with Crippen molar-refractivity contribution >= 4 is 23.5 Å². The lowest BCUT2D eigenvalue weighted by Gasteiger charge is -2.04. The van der Waals surface area contributed by atoms with Gasteiger partial charge in [0, 0.05) is 30.3 Å². The first-order chi connectivity index (χ1) is 10.2. The van der Waals surface area contributed by atoms with E-state index in [1.807, 2.05) is 0 Å². The average Bonchev–Trinajstić information content (AvgIpc) is 3.09. The maximum atomic E-state index is 12.2. The quantitative estimate of drug-likeness (QED) is 0.830. The average molecular weight is 305 g/mol. The van der Waals surface area contributed by atoms with Crippen molar-refractivity contribution in [2.45, 2.75) is 31.5 Å². The molecule has 110 valence electrons. The molecule has 1 aliphatic rings. The number of H-pyrrole nitrogens is 1. The van der Waals surface area contributed by atoms with Gasteiger partial charge >= 0.3 is 0 Å². The maximum absolute atomic E-state index is 12.2. The maximum Gasteiger partial charge on any atom is 0.267 e. The molecule has 21 heavy (non-hydrogen) atoms. The van der Waals surface area contributed by atoms with Crippen molar-refractivity contribution < 1.29 is 4.79 Å². The zero-order valence-electron chi connectivity index (χ0n) is 11.5. The fourth-order valence-electron chi connectivity index (χ4n) is 2.18. The summed E-state index contributed by atoms with van der Waals surface area (Å²) in [6.07, 6.45) is 3.19. The molecular weight excluding hydrogens is 290 g/mol. The zero-order valence-corrected chi connectivity index (χ0v) is 12.4. The predicted octanol–water partition coefficient (Wildman–Crippen LogP) is 1.28. The van der Waals surface area contributed by atoms with Crippen LogP contribution in [-0.4, -0.2) is 31.4 Å². The van der Waals surface area contributed by atoms with Crippen LogP contribution in [0, 0.1) is 0 Å². The number of fused-ring (bicyclic) bond motifs is 1. The summed E-state index contributed by atoms with van der Waals surface area (Å²) >= 11 is 1.52. The third-order valence-corrected chi connectivity index (χ3v) is 4.16. The van der Waals surface area contributed by atoms with Crippen LogP contribution in [0.1, 0.15) is 29.4 Å². The van der Waals surface area contributed by atoms with Gasteiger partial charge in [0.1, 0.15) is 5.56 Å². The fourth-order valence-corrected chi connectivity index (χ4v) is 3.09. The van der Waals surface area contributed by atoms with E-state index in [0.29, 0.717) is 17.5 Å². The van der Waals surface area contributed by atoms with E-state index >= 15 is 0 Å². The van der Waals surface area contributed by atoms with Gasteiger partial charge in [-0.05, 0) is 6.42 Å². The molecule has 3 heterocycles. The summed E-state index contributed by atoms with van der Waals surface area (Å²) in [7, 11) is 0. The zero-order chi connectivity index (χ0) is 14.8. The third-order valence-electron chi connectivity index (χ3n) is 3.19. The topological polar surface area (TPSA) is 92.7 Å². The Morgan fingerprint density at radius 1 is 1.57 bits per heavy atom. The summed E-state index contributed by atoms with van der Waals surface area (Å²) in [5.74, 6) is 0.754. The van der Waals surface area contributed by atoms with Gasteiger partial charge in [0.2, 0.25) is 0 Å². The second-order valence-electron chi connectivity index (χ2n) is 4.74. The van der Waals surface area contributed by atoms with Gasteiger partial charge in [-0.15, -0.1) is 0 Å². The monoisotopic (exact) mass is 305 g/mol. The molecule has 0 bridgehead atoms. The van der Waals surface area contributed by atoms with E-state index in [1.165, 1.54) is 22.5 Å². The molecule has 0 aliphatic carbocycles. The third kappa shape index (κ3) is 2.71. The van der Waals surface area contributed by atoms with E-state index in [0.717, 1.165) is 24.3 Å². The summed E-state index contributed by atoms with van der Waals surface area (Å²) in [6, 6.07) is 1.77. The van der Waals surface area contributed by atoms with Gasteiger partial charge in [-0.1, -0.05) is 25.1 Å². The Labute approximate surface area is 125 Å². The number of hydrogen-bond donors (Lipinski definition) is 2. The number of carbonyl (C=O) groups excluding carboxylic acids is 1. The van der Waals surface area contributed by atoms with Crippen LogP contribution in [0.5, 0.6) is 0 Å². The van der Waals surface area contributed by atoms with Gasteiger partial charge in [-0.3, -0.25) is 19.3 Å². The second-order valence-corrected chi connectivity index (χ2v) is 5.80. The van der Waals surface area contributed by atoms with Crippen molar-refractivity contribution in [1.82, 2.24) is 19.7 Å². The van der Waals surface area contributed by atoms with Crippen LogP contribution in [0.4, 0.5) is 5.82 Å². The summed E-state index contributed by atoms with van der Waals surface area (Å²) in [5, 5.41) is 10.2. The van der Waals surface area contributed by atoms with E-state index in [2.05, 4.69) is 27.4 Å². The van der Waals surface area contributed by atoms with Crippen LogP contribution in [0.25, 0.3) is 0 Å². The van der Waals surface area contributed by atoms with E-state index in [-0.39, 0.29) is 11.1 Å². The number of aromatic amines is 1. The molecule has 1 amide bonds. The van der Waals surface area contributed by atoms with E-state index in [4.69, 9.17) is 0 Å². The molecule has 0 saturated carbocycles. The predicted molar refractivity (Wildman–Crippen MR) is 79.8 cm³/mol. The van der Waals surface area contributed by atoms with Crippen molar-refractivity contribution in [1.29, 1.82) is 0 Å². The lowest BCUT2D eigenvalue weighted by Crippen LogP contribution is -2.29. The molecular formula is C13H15N5O2S. The van der Waals surface area contributed by atoms with Crippen LogP contribution in [0.2, 0.25) is 0 Å². The number of nitrogens with zero attached hydrogens (tertiary/aromatic N) is 3. The molecule has 0 fully saturated rings. The molecule has 7 nitrogen and oxygen atoms in total. The summed E-state index contributed by atoms with van der Waals surface area (Å²) in [4.78, 5) is 28.6. The van der Waals surface area contributed by atoms with Crippen LogP contribution >= 0.6 is 11.8 Å². The van der Waals surface area contributed by atoms with Crippen LogP contribution < -0.4 is 10.9 Å². The molecule has 3 rings (SSSR count). The second kappa shape index (κ2) is 5.72. The Kier molecular flexibility index (Phi) is 3.78. The molecule has 1 aliphatic heterocycles. The number of nitrogens with one attached hydrogen (secondary N) is 2. The highest BCUT2D eigenvalue weighted by Crippen LogP contribution is 2.20. The molecule has 2 N–H and O–H groups in total. The number of aryl methyl sites for hydroxylation is 1. The molecule has 0 aromatic carbocycles. The van der Waals surface area contributed by atoms with Gasteiger partial charge in [0.25, 0.3) is 11.5 Å². The molecule has 2 aromatic rings. The number of anilines is 1. The van der Waals surface area contributed by atoms with Gasteiger partial charge < -0.3 is 5.32 Å². The lowest BCUT2D eigenvalue weighted by molar-refractivity contribution is 0.102. The van der Waals surface area contributed by atoms with E-state index in [9.17, 15) is 9.59 Å². The minimum Gasteiger partial charge on any atom is -0.305 e. The Morgan fingerprint density at radius 3 is 3.24 bits per heavy atom. The van der Waals surface area contributed by atoms with Crippen LogP contribution in [-0.2, 0) is 13.0 Å². The molecule has 0 radical (unpaired) electrons. The van der Waals surface area contributed by atoms with E-state index in [1.54, 1.807) is 6.07 Å². The normalized spacial score (nSPS) is 13.2. The molecule has 0 unspecified atom stereocenters. The van der Waals surface area contributed by atoms with Crippen molar-refractivity contribution in [2.75, 3.05) is 11.1 Å². The van der Waals surface area contributed by atoms with Gasteiger partial charge in [-0.2, -0.15) is 5.10 Å². The molecule has 8 heteroatoms. The van der Waals surface area contributed by atoms with E-state index < -0.39 is 5.91 Å². The number of aromatic nitrogens is 4. The Balaban J connectivity index is 1.81. The van der Waals surface area contributed by atoms with Gasteiger partial charge in [0.05, 0.1) is 0 Å². The molecule has 0 spiro atoms. The van der Waals surface area contributed by atoms with Gasteiger partial charge in [0.15, 0.2) is 11.0 Å². The van der Waals surface area contributed by atoms with Crippen LogP contribution in [0.3, 0.4) is 0 Å². The summed E-state index contributed by atoms with van der Waals surface area (Å²) < 4.78 is 1.53. The fraction of sp³-hybridized carbons (Fsp3) is 0.385. The highest BCUT2D eigenvalue weighted by molar-refractivity contribution is 7.99. The van der Waals surface area contributed by atoms with Crippen molar-refractivity contribution in [3.63, 3.8) is 0 Å². The van der Waals surface area contributed by atoms with Crippen LogP contribution in [0.15, 0.2) is 22.2 Å². The Bertz CT molecular complexity index is 736. The highest BCUT2D eigenvalue weighted by Gasteiger charge is 2.20. The number of thioether (sulfide) groups is 1. The van der Waals surface area contributed by atoms with Crippen molar-refractivity contribution in [3.05, 3.63) is 33.9 Å². The Hall–Kier alpha value is -2.09. The largest absolute Gasteiger partial charge is 0.305 e. The smallest absolute Gasteiger partial charge is 0.267 e. The lowest BCUT2D eigenvalue weighted by atomic mass is 10.2. The van der Waals surface area contributed by atoms with Crippen molar-refractivity contribution in [3.8, 4) is 0 Å². The Morgan fingerprint density at radius 2 is 2.43 bits per heavy atom. The number of carbonyl (C=O) groups is 1. The minimum absolute atomic E-state index is 0.0429. The number of rotatable bonds is 4. The molecule has 0 atom stereocenters. The summed E-state index contributed by atoms with van der Waals surface area (Å²) in [5.41, 5.74) is 0.695. The SMILES string of the molecule is CCCc1cc(NC(=O)c2cnc3n(c2=O)CCS3)n[nH]1. The molecule has 2 aromatic heterocycles. The number of amides is 1. The van der Waals surface area contributed by atoms with Gasteiger partial charge in [-0.25, -0.2) is 4.98 Å². The highest BCUT2D eigenvalue weighted by atomic mass is 32.2. The molecule has 0 saturated heterocycles. The first-order valence-corrected chi connectivity index (χ1v) is 7.76. The minimum atomic E-state index is -0.478. The number of hydrogen-bond acceptors (Lipinski definition) is 5. The standard InChI is InChI=1S/C13H15N5O2S/c1-2-3-8-6-10(17-16-8)15-11(19)9-7-14-13-18(12(9)20)4-5-21-13/h6-7H,2-5H2,1H3,(H2,15,16,17,19). The first-order valence-electron chi connectivity index (χ1n) is 6.77. The first kappa shape index (κ1) is 13.9. The van der Waals surface area contributed by atoms with Crippen molar-refractivity contribution in [2.24, 2.45) is 0 Å².